The van der Waals surface area contributed by atoms with Crippen LogP contribution < -0.4 is 5.32 Å². The van der Waals surface area contributed by atoms with Crippen LogP contribution >= 0.6 is 0 Å². The van der Waals surface area contributed by atoms with Crippen LogP contribution in [0.3, 0.4) is 0 Å². The maximum atomic E-state index is 13.3. The van der Waals surface area contributed by atoms with Crippen molar-refractivity contribution in [2.75, 3.05) is 13.1 Å². The Hall–Kier alpha value is -0.930. The zero-order valence-electron chi connectivity index (χ0n) is 12.9. The second-order valence-corrected chi connectivity index (χ2v) is 6.05. The van der Waals surface area contributed by atoms with Gasteiger partial charge in [0.15, 0.2) is 0 Å². The van der Waals surface area contributed by atoms with Crippen LogP contribution in [0.15, 0.2) is 24.3 Å². The number of halogens is 1. The molecule has 112 valence electrons. The lowest BCUT2D eigenvalue weighted by Gasteiger charge is -2.43. The summed E-state index contributed by atoms with van der Waals surface area (Å²) < 4.78 is 13.3. The SMILES string of the molecule is CCCNC1CCN(Cc2cccc(F)c2)C(C)C1C. The van der Waals surface area contributed by atoms with E-state index in [1.165, 1.54) is 18.9 Å². The molecule has 1 aliphatic heterocycles. The number of rotatable bonds is 5. The Morgan fingerprint density at radius 2 is 2.15 bits per heavy atom. The molecule has 0 aliphatic carbocycles. The first-order chi connectivity index (χ1) is 9.61. The van der Waals surface area contributed by atoms with Crippen LogP contribution in [0.1, 0.15) is 39.2 Å². The summed E-state index contributed by atoms with van der Waals surface area (Å²) >= 11 is 0. The zero-order valence-corrected chi connectivity index (χ0v) is 12.9. The molecule has 1 fully saturated rings. The van der Waals surface area contributed by atoms with E-state index >= 15 is 0 Å². The van der Waals surface area contributed by atoms with Crippen molar-refractivity contribution in [2.45, 2.75) is 52.2 Å². The maximum Gasteiger partial charge on any atom is 0.123 e. The van der Waals surface area contributed by atoms with Crippen LogP contribution in [0.5, 0.6) is 0 Å². The Labute approximate surface area is 122 Å². The molecule has 1 N–H and O–H groups in total. The number of benzene rings is 1. The summed E-state index contributed by atoms with van der Waals surface area (Å²) in [5.41, 5.74) is 1.07. The van der Waals surface area contributed by atoms with Gasteiger partial charge >= 0.3 is 0 Å². The number of hydrogen-bond donors (Lipinski definition) is 1. The van der Waals surface area contributed by atoms with Crippen LogP contribution in [0.4, 0.5) is 4.39 Å². The van der Waals surface area contributed by atoms with E-state index in [9.17, 15) is 4.39 Å². The van der Waals surface area contributed by atoms with Gasteiger partial charge in [0.2, 0.25) is 0 Å². The fourth-order valence-corrected chi connectivity index (χ4v) is 3.15. The van der Waals surface area contributed by atoms with Crippen LogP contribution in [-0.2, 0) is 6.54 Å². The topological polar surface area (TPSA) is 15.3 Å². The highest BCUT2D eigenvalue weighted by atomic mass is 19.1. The molecule has 1 aliphatic rings. The lowest BCUT2D eigenvalue weighted by Crippen LogP contribution is -2.53. The lowest BCUT2D eigenvalue weighted by atomic mass is 9.86. The molecule has 0 spiro atoms. The average Bonchev–Trinajstić information content (AvgIpc) is 2.43. The van der Waals surface area contributed by atoms with Gasteiger partial charge in [-0.15, -0.1) is 0 Å². The van der Waals surface area contributed by atoms with Gasteiger partial charge in [0, 0.05) is 25.2 Å². The van der Waals surface area contributed by atoms with Gasteiger partial charge in [0.05, 0.1) is 0 Å². The molecule has 0 bridgehead atoms. The molecule has 0 amide bonds. The van der Waals surface area contributed by atoms with Crippen LogP contribution in [0, 0.1) is 11.7 Å². The van der Waals surface area contributed by atoms with Crippen LogP contribution in [0.25, 0.3) is 0 Å². The number of piperidine rings is 1. The van der Waals surface area contributed by atoms with E-state index in [4.69, 9.17) is 0 Å². The summed E-state index contributed by atoms with van der Waals surface area (Å²) in [5.74, 6) is 0.492. The van der Waals surface area contributed by atoms with Crippen molar-refractivity contribution in [2.24, 2.45) is 5.92 Å². The van der Waals surface area contributed by atoms with Gasteiger partial charge < -0.3 is 5.32 Å². The van der Waals surface area contributed by atoms with Gasteiger partial charge in [-0.3, -0.25) is 4.90 Å². The maximum absolute atomic E-state index is 13.3. The number of nitrogens with one attached hydrogen (secondary N) is 1. The molecule has 1 aromatic carbocycles. The molecule has 3 heteroatoms. The van der Waals surface area contributed by atoms with Gasteiger partial charge in [0.25, 0.3) is 0 Å². The summed E-state index contributed by atoms with van der Waals surface area (Å²) in [6.45, 7) is 9.87. The summed E-state index contributed by atoms with van der Waals surface area (Å²) in [5, 5.41) is 3.66. The Morgan fingerprint density at radius 3 is 2.85 bits per heavy atom. The molecule has 2 nitrogen and oxygen atoms in total. The molecule has 1 saturated heterocycles. The minimum Gasteiger partial charge on any atom is -0.314 e. The normalized spacial score (nSPS) is 27.7. The summed E-state index contributed by atoms with van der Waals surface area (Å²) in [7, 11) is 0. The minimum atomic E-state index is -0.136. The molecule has 0 aromatic heterocycles. The van der Waals surface area contributed by atoms with E-state index in [0.29, 0.717) is 18.0 Å². The molecule has 2 rings (SSSR count). The van der Waals surface area contributed by atoms with E-state index in [-0.39, 0.29) is 5.82 Å². The van der Waals surface area contributed by atoms with E-state index < -0.39 is 0 Å². The van der Waals surface area contributed by atoms with Crippen molar-refractivity contribution < 1.29 is 4.39 Å². The first-order valence-electron chi connectivity index (χ1n) is 7.83. The second kappa shape index (κ2) is 7.19. The first kappa shape index (κ1) is 15.5. The molecular formula is C17H27FN2. The highest BCUT2D eigenvalue weighted by molar-refractivity contribution is 5.16. The minimum absolute atomic E-state index is 0.136. The monoisotopic (exact) mass is 278 g/mol. The third-order valence-corrected chi connectivity index (χ3v) is 4.63. The fourth-order valence-electron chi connectivity index (χ4n) is 3.15. The molecule has 0 radical (unpaired) electrons. The number of likely N-dealkylation sites (tertiary alicyclic amines) is 1. The van der Waals surface area contributed by atoms with E-state index in [2.05, 4.69) is 31.0 Å². The highest BCUT2D eigenvalue weighted by Crippen LogP contribution is 2.25. The second-order valence-electron chi connectivity index (χ2n) is 6.05. The molecule has 1 heterocycles. The predicted octanol–water partition coefficient (Wildman–Crippen LogP) is 3.42. The molecule has 3 unspecified atom stereocenters. The summed E-state index contributed by atoms with van der Waals surface area (Å²) in [6, 6.07) is 8.13. The van der Waals surface area contributed by atoms with Crippen LogP contribution in [-0.4, -0.2) is 30.1 Å². The van der Waals surface area contributed by atoms with Gasteiger partial charge in [0.1, 0.15) is 5.82 Å². The van der Waals surface area contributed by atoms with Gasteiger partial charge in [-0.2, -0.15) is 0 Å². The van der Waals surface area contributed by atoms with Crippen molar-refractivity contribution in [3.63, 3.8) is 0 Å². The third-order valence-electron chi connectivity index (χ3n) is 4.63. The number of hydrogen-bond acceptors (Lipinski definition) is 2. The smallest absolute Gasteiger partial charge is 0.123 e. The Bertz CT molecular complexity index is 421. The fraction of sp³-hybridized carbons (Fsp3) is 0.647. The Kier molecular flexibility index (Phi) is 5.55. The van der Waals surface area contributed by atoms with Crippen molar-refractivity contribution in [1.82, 2.24) is 10.2 Å². The molecule has 20 heavy (non-hydrogen) atoms. The quantitative estimate of drug-likeness (QED) is 0.888. The highest BCUT2D eigenvalue weighted by Gasteiger charge is 2.31. The molecular weight excluding hydrogens is 251 g/mol. The van der Waals surface area contributed by atoms with Crippen LogP contribution in [0.2, 0.25) is 0 Å². The molecule has 3 atom stereocenters. The largest absolute Gasteiger partial charge is 0.314 e. The van der Waals surface area contributed by atoms with Crippen molar-refractivity contribution in [3.05, 3.63) is 35.6 Å². The Balaban J connectivity index is 1.94. The summed E-state index contributed by atoms with van der Waals surface area (Å²) in [4.78, 5) is 2.48. The van der Waals surface area contributed by atoms with E-state index in [1.54, 1.807) is 12.1 Å². The van der Waals surface area contributed by atoms with E-state index in [1.807, 2.05) is 6.07 Å². The molecule has 1 aromatic rings. The van der Waals surface area contributed by atoms with Crippen molar-refractivity contribution in [3.8, 4) is 0 Å². The zero-order chi connectivity index (χ0) is 14.5. The van der Waals surface area contributed by atoms with Gasteiger partial charge in [-0.25, -0.2) is 4.39 Å². The molecule has 0 saturated carbocycles. The lowest BCUT2D eigenvalue weighted by molar-refractivity contribution is 0.0784. The predicted molar refractivity (Wildman–Crippen MR) is 82.1 cm³/mol. The first-order valence-corrected chi connectivity index (χ1v) is 7.83. The van der Waals surface area contributed by atoms with Gasteiger partial charge in [-0.1, -0.05) is 26.0 Å². The van der Waals surface area contributed by atoms with E-state index in [0.717, 1.165) is 25.2 Å². The average molecular weight is 278 g/mol. The van der Waals surface area contributed by atoms with Crippen molar-refractivity contribution in [1.29, 1.82) is 0 Å². The van der Waals surface area contributed by atoms with Gasteiger partial charge in [-0.05, 0) is 49.9 Å². The Morgan fingerprint density at radius 1 is 1.35 bits per heavy atom. The summed E-state index contributed by atoms with van der Waals surface area (Å²) in [6.07, 6.45) is 2.37. The number of nitrogens with zero attached hydrogens (tertiary/aromatic N) is 1. The standard InChI is InChI=1S/C17H27FN2/c1-4-9-19-17-8-10-20(14(3)13(17)2)12-15-6-5-7-16(18)11-15/h5-7,11,13-14,17,19H,4,8-10,12H2,1-3H3. The van der Waals surface area contributed by atoms with Crippen molar-refractivity contribution >= 4 is 0 Å². The third kappa shape index (κ3) is 3.80.